The van der Waals surface area contributed by atoms with Crippen molar-refractivity contribution < 1.29 is 19.5 Å². The third-order valence-corrected chi connectivity index (χ3v) is 14.8. The predicted molar refractivity (Wildman–Crippen MR) is 192 cm³/mol. The molecule has 8 bridgehead atoms. The molecule has 0 aromatic heterocycles. The molecule has 0 spiro atoms. The van der Waals surface area contributed by atoms with Gasteiger partial charge in [-0.25, -0.2) is 0 Å². The molecule has 266 valence electrons. The Labute approximate surface area is 317 Å². The summed E-state index contributed by atoms with van der Waals surface area (Å²) in [5, 5.41) is 34.9. The number of hydrogen-bond donors (Lipinski definition) is 8. The largest absolute Gasteiger partial charge is 2.00 e. The van der Waals surface area contributed by atoms with E-state index in [2.05, 4.69) is 55.0 Å². The van der Waals surface area contributed by atoms with Crippen LogP contribution in [-0.4, -0.2) is 49.3 Å². The molecule has 5 aliphatic heterocycles. The van der Waals surface area contributed by atoms with E-state index < -0.39 is 0 Å². The quantitative estimate of drug-likeness (QED) is 0.135. The molecule has 8 N–H and O–H groups in total. The van der Waals surface area contributed by atoms with Crippen LogP contribution in [0.5, 0.6) is 0 Å². The summed E-state index contributed by atoms with van der Waals surface area (Å²) in [4.78, 5) is 0. The van der Waals surface area contributed by atoms with Crippen molar-refractivity contribution >= 4 is 23.2 Å². The first-order chi connectivity index (χ1) is 23.6. The van der Waals surface area contributed by atoms with Crippen LogP contribution >= 0.6 is 23.2 Å². The van der Waals surface area contributed by atoms with Crippen molar-refractivity contribution in [3.8, 4) is 0 Å². The molecule has 5 heterocycles. The molecule has 49 heavy (non-hydrogen) atoms. The Balaban J connectivity index is 0.000000344. The number of fused-ring (bicyclic) bond motifs is 20. The molecule has 16 atom stereocenters. The van der Waals surface area contributed by atoms with Gasteiger partial charge in [0, 0.05) is 6.17 Å². The molecule has 11 heteroatoms. The maximum absolute atomic E-state index is 5.52. The van der Waals surface area contributed by atoms with Crippen molar-refractivity contribution in [3.63, 3.8) is 0 Å². The molecule has 0 amide bonds. The Hall–Kier alpha value is 0.103. The third kappa shape index (κ3) is 7.33. The fraction of sp³-hybridized carbons (Fsp3) is 0.816. The van der Waals surface area contributed by atoms with Crippen LogP contribution in [0.4, 0.5) is 0 Å². The summed E-state index contributed by atoms with van der Waals surface area (Å²) >= 11 is 11.0. The van der Waals surface area contributed by atoms with Gasteiger partial charge in [-0.15, -0.1) is 17.5 Å². The van der Waals surface area contributed by atoms with Crippen LogP contribution in [0, 0.1) is 59.8 Å². The smallest absolute Gasteiger partial charge is 0.322 e. The second-order valence-electron chi connectivity index (χ2n) is 16.8. The number of nitrogens with one attached hydrogen (secondary N) is 8. The average molecular weight is 763 g/mol. The van der Waals surface area contributed by atoms with E-state index in [4.69, 9.17) is 23.2 Å². The maximum Gasteiger partial charge on any atom is 2.00 e. The van der Waals surface area contributed by atoms with E-state index in [1.807, 2.05) is 0 Å². The zero-order valence-electron chi connectivity index (χ0n) is 29.1. The zero-order valence-corrected chi connectivity index (χ0v) is 33.6. The Kier molecular flexibility index (Phi) is 11.7. The zero-order chi connectivity index (χ0) is 32.2. The van der Waals surface area contributed by atoms with Gasteiger partial charge in [0.25, 0.3) is 0 Å². The van der Waals surface area contributed by atoms with Gasteiger partial charge >= 0.3 is 19.5 Å². The van der Waals surface area contributed by atoms with E-state index >= 15 is 0 Å². The Bertz CT molecular complexity index is 1020. The first-order valence-electron chi connectivity index (χ1n) is 19.8. The fourth-order valence-corrected chi connectivity index (χ4v) is 12.4. The Morgan fingerprint density at radius 3 is 1.16 bits per heavy atom. The summed E-state index contributed by atoms with van der Waals surface area (Å²) in [7, 11) is 0. The molecule has 8 nitrogen and oxygen atoms in total. The van der Waals surface area contributed by atoms with Crippen LogP contribution in [0.3, 0.4) is 0 Å². The molecule has 10 rings (SSSR count). The number of hydrogen-bond acceptors (Lipinski definition) is 8. The first-order valence-corrected chi connectivity index (χ1v) is 20.6. The van der Waals surface area contributed by atoms with Crippen molar-refractivity contribution in [1.82, 2.24) is 42.5 Å². The van der Waals surface area contributed by atoms with Gasteiger partial charge < -0.3 is 6.42 Å². The van der Waals surface area contributed by atoms with Crippen molar-refractivity contribution in [2.75, 3.05) is 0 Å². The van der Waals surface area contributed by atoms with Gasteiger partial charge in [0.05, 0.1) is 43.2 Å². The summed E-state index contributed by atoms with van der Waals surface area (Å²) in [5.41, 5.74) is 0. The van der Waals surface area contributed by atoms with Crippen LogP contribution in [0.1, 0.15) is 96.3 Å². The number of rotatable bonds is 0. The molecule has 1 aromatic carbocycles. The molecular formula is C38H58Cl2N8Zn. The van der Waals surface area contributed by atoms with Crippen molar-refractivity contribution in [1.29, 1.82) is 0 Å². The standard InChI is InChI=1S/C32H55N8.C6H3Cl2.Zn/c1-2-10-18-17(9-1)25-33-26(18)38-28-21-13-5-6-14-22(21)30(35-28)40-32-24-16-8-7-15-23(24)31(36-32)39-29-20-12-4-3-11-19(20)27(34-29)37-25;7-5-1-2-6(8)4-3-5;/h9,17-40H,1-8,10-16H2;1-3H;/q2*-1;+2. The molecule has 9 aliphatic rings. The van der Waals surface area contributed by atoms with Crippen LogP contribution in [0.2, 0.25) is 10.0 Å². The summed E-state index contributed by atoms with van der Waals surface area (Å²) in [6.45, 7) is 0. The molecule has 16 unspecified atom stereocenters. The Morgan fingerprint density at radius 1 is 0.469 bits per heavy atom. The third-order valence-electron chi connectivity index (χ3n) is 14.3. The maximum atomic E-state index is 5.52. The van der Waals surface area contributed by atoms with E-state index in [0.29, 0.717) is 71.2 Å². The summed E-state index contributed by atoms with van der Waals surface area (Å²) in [6, 6.07) is 7.78. The van der Waals surface area contributed by atoms with Gasteiger partial charge in [-0.2, -0.15) is 42.3 Å². The first kappa shape index (κ1) is 36.1. The summed E-state index contributed by atoms with van der Waals surface area (Å²) < 4.78 is 0. The van der Waals surface area contributed by atoms with Gasteiger partial charge in [-0.3, -0.25) is 42.5 Å². The van der Waals surface area contributed by atoms with Crippen LogP contribution in [-0.2, 0) is 19.5 Å². The van der Waals surface area contributed by atoms with Crippen molar-refractivity contribution in [2.45, 2.75) is 146 Å². The van der Waals surface area contributed by atoms with Crippen LogP contribution in [0.15, 0.2) is 18.2 Å². The van der Waals surface area contributed by atoms with Gasteiger partial charge in [0.15, 0.2) is 0 Å². The van der Waals surface area contributed by atoms with E-state index in [9.17, 15) is 0 Å². The molecule has 5 saturated heterocycles. The van der Waals surface area contributed by atoms with Gasteiger partial charge in [-0.1, -0.05) is 61.4 Å². The second-order valence-corrected chi connectivity index (χ2v) is 17.6. The minimum atomic E-state index is 0. The number of benzene rings is 1. The van der Waals surface area contributed by atoms with E-state index in [1.165, 1.54) is 96.3 Å². The van der Waals surface area contributed by atoms with E-state index in [1.54, 1.807) is 18.2 Å². The molecule has 4 aliphatic carbocycles. The molecule has 0 radical (unpaired) electrons. The molecule has 1 aromatic rings. The van der Waals surface area contributed by atoms with Gasteiger partial charge in [-0.05, 0) is 80.0 Å². The van der Waals surface area contributed by atoms with Crippen molar-refractivity contribution in [3.05, 3.63) is 40.7 Å². The fourth-order valence-electron chi connectivity index (χ4n) is 12.1. The molecule has 9 fully saturated rings. The Morgan fingerprint density at radius 2 is 0.816 bits per heavy atom. The normalized spacial score (nSPS) is 48.5. The number of halogens is 2. The van der Waals surface area contributed by atoms with E-state index in [-0.39, 0.29) is 19.5 Å². The van der Waals surface area contributed by atoms with Crippen LogP contribution in [0.25, 0.3) is 0 Å². The van der Waals surface area contributed by atoms with Crippen molar-refractivity contribution in [2.24, 2.45) is 47.3 Å². The topological polar surface area (TPSA) is 96.2 Å². The minimum Gasteiger partial charge on any atom is -0.322 e. The van der Waals surface area contributed by atoms with Gasteiger partial charge in [0.1, 0.15) is 0 Å². The second kappa shape index (κ2) is 15.8. The minimum absolute atomic E-state index is 0. The molecular weight excluding hydrogens is 705 g/mol. The summed E-state index contributed by atoms with van der Waals surface area (Å²) in [5.74, 6) is 5.74. The predicted octanol–water partition coefficient (Wildman–Crippen LogP) is 5.21. The molecule has 4 saturated carbocycles. The summed E-state index contributed by atoms with van der Waals surface area (Å²) in [6.07, 6.45) is 26.4. The monoisotopic (exact) mass is 760 g/mol. The van der Waals surface area contributed by atoms with Gasteiger partial charge in [0.2, 0.25) is 0 Å². The van der Waals surface area contributed by atoms with E-state index in [0.717, 1.165) is 35.5 Å². The van der Waals surface area contributed by atoms with Crippen LogP contribution < -0.4 is 42.5 Å². The SMILES string of the molecule is Clc1[c-]cc(Cl)cc1.[CH-]1CCCC2C3NC(NC4NC(NC5NC(NC6NC(N3)C3CCCCC63)C3CCCCC53)C3CCCCC43)C12.[Zn+2]. The average Bonchev–Trinajstić information content (AvgIpc) is 3.86.